The standard InChI is InChI=1S/C24H21F4N5O2/c1-23(2)15-6-12(24(26,27)28)4-5-13(15)20(10-35-23)32(3)22(34)14-7-18-17(8-16(14)25)31-21(29)19-9-30-11-33(18)19/h4-9,11,20H,10H2,1-3H3,(H2,29,31). The lowest BCUT2D eigenvalue weighted by atomic mass is 9.85. The Balaban J connectivity index is 1.57. The highest BCUT2D eigenvalue weighted by atomic mass is 19.4. The molecule has 0 saturated carbocycles. The first-order valence-electron chi connectivity index (χ1n) is 10.7. The Bertz CT molecular complexity index is 1500. The number of likely N-dealkylation sites (N-methyl/N-ethyl adjacent to an activating group) is 1. The molecular weight excluding hydrogens is 466 g/mol. The van der Waals surface area contributed by atoms with Gasteiger partial charge < -0.3 is 15.4 Å². The van der Waals surface area contributed by atoms with Crippen LogP contribution in [0.25, 0.3) is 16.6 Å². The van der Waals surface area contributed by atoms with Crippen LogP contribution in [-0.4, -0.2) is 38.8 Å². The molecule has 3 heterocycles. The predicted molar refractivity (Wildman–Crippen MR) is 120 cm³/mol. The maximum absolute atomic E-state index is 15.0. The Labute approximate surface area is 197 Å². The van der Waals surface area contributed by atoms with Gasteiger partial charge in [0.2, 0.25) is 0 Å². The van der Waals surface area contributed by atoms with Crippen LogP contribution in [0, 0.1) is 5.82 Å². The summed E-state index contributed by atoms with van der Waals surface area (Å²) in [5.74, 6) is -1.29. The molecule has 182 valence electrons. The zero-order valence-corrected chi connectivity index (χ0v) is 19.0. The molecule has 0 spiro atoms. The summed E-state index contributed by atoms with van der Waals surface area (Å²) in [6.45, 7) is 3.37. The van der Waals surface area contributed by atoms with E-state index in [2.05, 4.69) is 9.97 Å². The minimum atomic E-state index is -4.52. The SMILES string of the molecule is CN(C(=O)c1cc2c(cc1F)nc(N)c1cncn12)C1COC(C)(C)c2cc(C(F)(F)F)ccc21. The van der Waals surface area contributed by atoms with E-state index in [1.165, 1.54) is 36.6 Å². The number of carbonyl (C=O) groups excluding carboxylic acids is 1. The number of imidazole rings is 1. The molecular formula is C24H21F4N5O2. The number of alkyl halides is 3. The third-order valence-electron chi connectivity index (χ3n) is 6.47. The number of aromatic nitrogens is 3. The number of anilines is 1. The molecule has 2 aromatic heterocycles. The number of nitrogen functional groups attached to an aromatic ring is 1. The number of ether oxygens (including phenoxy) is 1. The van der Waals surface area contributed by atoms with Gasteiger partial charge in [0.1, 0.15) is 17.2 Å². The Morgan fingerprint density at radius 2 is 1.97 bits per heavy atom. The molecule has 1 aliphatic rings. The maximum atomic E-state index is 15.0. The van der Waals surface area contributed by atoms with E-state index >= 15 is 4.39 Å². The Hall–Kier alpha value is -3.73. The average molecular weight is 487 g/mol. The van der Waals surface area contributed by atoms with Crippen molar-refractivity contribution in [3.63, 3.8) is 0 Å². The van der Waals surface area contributed by atoms with E-state index in [0.717, 1.165) is 18.2 Å². The van der Waals surface area contributed by atoms with Gasteiger partial charge in [-0.25, -0.2) is 14.4 Å². The van der Waals surface area contributed by atoms with E-state index < -0.39 is 35.1 Å². The van der Waals surface area contributed by atoms with E-state index in [1.54, 1.807) is 18.2 Å². The first kappa shape index (κ1) is 23.0. The van der Waals surface area contributed by atoms with E-state index in [-0.39, 0.29) is 23.5 Å². The van der Waals surface area contributed by atoms with Gasteiger partial charge in [-0.05, 0) is 43.2 Å². The number of hydrogen-bond donors (Lipinski definition) is 1. The fourth-order valence-electron chi connectivity index (χ4n) is 4.51. The number of amides is 1. The van der Waals surface area contributed by atoms with Gasteiger partial charge in [0.15, 0.2) is 0 Å². The monoisotopic (exact) mass is 487 g/mol. The zero-order chi connectivity index (χ0) is 25.3. The van der Waals surface area contributed by atoms with Crippen LogP contribution in [0.4, 0.5) is 23.4 Å². The van der Waals surface area contributed by atoms with Crippen LogP contribution in [0.15, 0.2) is 42.9 Å². The molecule has 0 saturated heterocycles. The second-order valence-electron chi connectivity index (χ2n) is 9.02. The summed E-state index contributed by atoms with van der Waals surface area (Å²) in [4.78, 5) is 22.9. The highest BCUT2D eigenvalue weighted by Crippen LogP contribution is 2.42. The van der Waals surface area contributed by atoms with Crippen molar-refractivity contribution in [1.82, 2.24) is 19.3 Å². The molecule has 1 unspecified atom stereocenters. The first-order valence-corrected chi connectivity index (χ1v) is 10.7. The first-order chi connectivity index (χ1) is 16.4. The van der Waals surface area contributed by atoms with Crippen LogP contribution in [0.3, 0.4) is 0 Å². The molecule has 1 aliphatic heterocycles. The van der Waals surface area contributed by atoms with Crippen molar-refractivity contribution in [2.24, 2.45) is 0 Å². The van der Waals surface area contributed by atoms with Crippen molar-refractivity contribution in [3.05, 3.63) is 70.9 Å². The molecule has 2 aromatic carbocycles. The molecule has 1 amide bonds. The summed E-state index contributed by atoms with van der Waals surface area (Å²) in [5, 5.41) is 0. The second kappa shape index (κ2) is 7.64. The third-order valence-corrected chi connectivity index (χ3v) is 6.47. The predicted octanol–water partition coefficient (Wildman–Crippen LogP) is 4.70. The quantitative estimate of drug-likeness (QED) is 0.414. The molecule has 0 aliphatic carbocycles. The van der Waals surface area contributed by atoms with Crippen molar-refractivity contribution >= 4 is 28.3 Å². The molecule has 0 fully saturated rings. The number of carbonyl (C=O) groups is 1. The van der Waals surface area contributed by atoms with Gasteiger partial charge >= 0.3 is 6.18 Å². The smallest absolute Gasteiger partial charge is 0.382 e. The molecule has 4 aromatic rings. The van der Waals surface area contributed by atoms with Crippen LogP contribution in [0.2, 0.25) is 0 Å². The normalized spacial score (nSPS) is 17.5. The molecule has 1 atom stereocenters. The number of benzene rings is 2. The van der Waals surface area contributed by atoms with E-state index in [4.69, 9.17) is 10.5 Å². The lowest BCUT2D eigenvalue weighted by molar-refractivity contribution is -0.138. The van der Waals surface area contributed by atoms with E-state index in [9.17, 15) is 18.0 Å². The topological polar surface area (TPSA) is 85.8 Å². The summed E-state index contributed by atoms with van der Waals surface area (Å²) < 4.78 is 62.5. The minimum absolute atomic E-state index is 0.0344. The molecule has 2 N–H and O–H groups in total. The number of rotatable bonds is 2. The number of nitrogens with two attached hydrogens (primary N) is 1. The van der Waals surface area contributed by atoms with Gasteiger partial charge in [-0.3, -0.25) is 9.20 Å². The maximum Gasteiger partial charge on any atom is 0.416 e. The Kier molecular flexibility index (Phi) is 5.03. The Morgan fingerprint density at radius 1 is 1.23 bits per heavy atom. The van der Waals surface area contributed by atoms with E-state index in [0.29, 0.717) is 22.2 Å². The third kappa shape index (κ3) is 3.66. The zero-order valence-electron chi connectivity index (χ0n) is 19.0. The highest BCUT2D eigenvalue weighted by molar-refractivity contribution is 5.98. The summed E-state index contributed by atoms with van der Waals surface area (Å²) in [6, 6.07) is 5.15. The summed E-state index contributed by atoms with van der Waals surface area (Å²) in [7, 11) is 1.47. The van der Waals surface area contributed by atoms with Crippen molar-refractivity contribution in [1.29, 1.82) is 0 Å². The molecule has 11 heteroatoms. The van der Waals surface area contributed by atoms with Crippen molar-refractivity contribution in [2.75, 3.05) is 19.4 Å². The van der Waals surface area contributed by atoms with Crippen LogP contribution < -0.4 is 5.73 Å². The van der Waals surface area contributed by atoms with E-state index in [1.807, 2.05) is 0 Å². The summed E-state index contributed by atoms with van der Waals surface area (Å²) in [6.07, 6.45) is -1.53. The molecule has 0 bridgehead atoms. The number of fused-ring (bicyclic) bond motifs is 4. The average Bonchev–Trinajstić information content (AvgIpc) is 3.28. The van der Waals surface area contributed by atoms with Crippen LogP contribution in [0.5, 0.6) is 0 Å². The van der Waals surface area contributed by atoms with Crippen molar-refractivity contribution < 1.29 is 27.1 Å². The molecule has 7 nitrogen and oxygen atoms in total. The van der Waals surface area contributed by atoms with Gasteiger partial charge in [-0.15, -0.1) is 0 Å². The lowest BCUT2D eigenvalue weighted by Crippen LogP contribution is -2.41. The highest BCUT2D eigenvalue weighted by Gasteiger charge is 2.40. The van der Waals surface area contributed by atoms with Gasteiger partial charge in [0, 0.05) is 13.1 Å². The van der Waals surface area contributed by atoms with Crippen molar-refractivity contribution in [2.45, 2.75) is 31.7 Å². The summed E-state index contributed by atoms with van der Waals surface area (Å²) >= 11 is 0. The van der Waals surface area contributed by atoms with Gasteiger partial charge in [0.25, 0.3) is 5.91 Å². The number of nitrogens with zero attached hydrogens (tertiary/aromatic N) is 4. The lowest BCUT2D eigenvalue weighted by Gasteiger charge is -2.41. The number of halogens is 4. The fraction of sp³-hybridized carbons (Fsp3) is 0.292. The second-order valence-corrected chi connectivity index (χ2v) is 9.02. The molecule has 5 rings (SSSR count). The largest absolute Gasteiger partial charge is 0.416 e. The number of hydrogen-bond acceptors (Lipinski definition) is 5. The minimum Gasteiger partial charge on any atom is -0.382 e. The molecule has 0 radical (unpaired) electrons. The van der Waals surface area contributed by atoms with Crippen molar-refractivity contribution in [3.8, 4) is 0 Å². The Morgan fingerprint density at radius 3 is 2.69 bits per heavy atom. The van der Waals surface area contributed by atoms with Crippen LogP contribution in [-0.2, 0) is 16.5 Å². The van der Waals surface area contributed by atoms with Gasteiger partial charge in [-0.2, -0.15) is 13.2 Å². The fourth-order valence-corrected chi connectivity index (χ4v) is 4.51. The van der Waals surface area contributed by atoms with Crippen LogP contribution in [0.1, 0.15) is 46.9 Å². The van der Waals surface area contributed by atoms with Crippen LogP contribution >= 0.6 is 0 Å². The molecule has 35 heavy (non-hydrogen) atoms. The van der Waals surface area contributed by atoms with Gasteiger partial charge in [0.05, 0.1) is 52.9 Å². The van der Waals surface area contributed by atoms with Gasteiger partial charge in [-0.1, -0.05) is 6.07 Å². The summed E-state index contributed by atoms with van der Waals surface area (Å²) in [5.41, 5.74) is 5.91.